The second-order valence-electron chi connectivity index (χ2n) is 4.20. The van der Waals surface area contributed by atoms with Gasteiger partial charge in [-0.15, -0.1) is 0 Å². The molecule has 1 aromatic rings. The Morgan fingerprint density at radius 3 is 2.80 bits per heavy atom. The Morgan fingerprint density at radius 2 is 2.13 bits per heavy atom. The molecule has 82 valence electrons. The van der Waals surface area contributed by atoms with Crippen LogP contribution in [0.5, 0.6) is 0 Å². The Bertz CT molecular complexity index is 450. The van der Waals surface area contributed by atoms with E-state index in [2.05, 4.69) is 0 Å². The number of aryl methyl sites for hydroxylation is 1. The van der Waals surface area contributed by atoms with Crippen LogP contribution in [0.25, 0.3) is 0 Å². The zero-order chi connectivity index (χ0) is 12.4. The SMILES string of the molecule is [2H]C([2H])c1cc(C2CCCCC2)n(O)c(=O)c1. The van der Waals surface area contributed by atoms with Gasteiger partial charge in [0.1, 0.15) is 0 Å². The van der Waals surface area contributed by atoms with E-state index in [1.165, 1.54) is 6.42 Å². The minimum absolute atomic E-state index is 0.181. The molecule has 1 heterocycles. The van der Waals surface area contributed by atoms with E-state index < -0.39 is 12.4 Å². The number of rotatable bonds is 1. The van der Waals surface area contributed by atoms with Gasteiger partial charge in [0.2, 0.25) is 0 Å². The maximum atomic E-state index is 11.6. The Balaban J connectivity index is 2.40. The largest absolute Gasteiger partial charge is 0.425 e. The quantitative estimate of drug-likeness (QED) is 0.722. The van der Waals surface area contributed by atoms with Gasteiger partial charge < -0.3 is 5.21 Å². The predicted octanol–water partition coefficient (Wildman–Crippen LogP) is 2.44. The average molecular weight is 209 g/mol. The Kier molecular flexibility index (Phi) is 2.17. The molecular weight excluding hydrogens is 190 g/mol. The molecule has 3 heteroatoms. The molecule has 1 aliphatic rings. The molecule has 3 nitrogen and oxygen atoms in total. The van der Waals surface area contributed by atoms with Crippen molar-refractivity contribution in [2.24, 2.45) is 0 Å². The number of nitrogens with zero attached hydrogens (tertiary/aromatic N) is 1. The Hall–Kier alpha value is -1.25. The van der Waals surface area contributed by atoms with E-state index in [4.69, 9.17) is 2.74 Å². The van der Waals surface area contributed by atoms with Crippen molar-refractivity contribution in [3.8, 4) is 0 Å². The molecule has 2 rings (SSSR count). The molecule has 0 amide bonds. The van der Waals surface area contributed by atoms with Crippen molar-refractivity contribution in [3.05, 3.63) is 33.7 Å². The van der Waals surface area contributed by atoms with Crippen LogP contribution in [-0.2, 0) is 0 Å². The predicted molar refractivity (Wildman–Crippen MR) is 58.4 cm³/mol. The van der Waals surface area contributed by atoms with Gasteiger partial charge in [0, 0.05) is 14.7 Å². The van der Waals surface area contributed by atoms with Crippen molar-refractivity contribution in [2.75, 3.05) is 0 Å². The van der Waals surface area contributed by atoms with Crippen LogP contribution in [0.15, 0.2) is 16.9 Å². The Morgan fingerprint density at radius 1 is 1.40 bits per heavy atom. The number of hydrogen-bond donors (Lipinski definition) is 1. The average Bonchev–Trinajstić information content (AvgIpc) is 2.33. The first kappa shape index (κ1) is 7.97. The molecule has 0 saturated heterocycles. The standard InChI is InChI=1S/C12H17NO2/c1-9-7-11(13(15)12(14)8-9)10-5-3-2-4-6-10/h7-8,10,15H,2-6H2,1H3/i1D2. The molecule has 0 spiro atoms. The lowest BCUT2D eigenvalue weighted by molar-refractivity contribution is 0.156. The molecule has 15 heavy (non-hydrogen) atoms. The topological polar surface area (TPSA) is 42.2 Å². The van der Waals surface area contributed by atoms with E-state index in [0.717, 1.165) is 31.7 Å². The smallest absolute Gasteiger partial charge is 0.283 e. The van der Waals surface area contributed by atoms with Crippen molar-refractivity contribution in [1.82, 2.24) is 4.73 Å². The van der Waals surface area contributed by atoms with Gasteiger partial charge in [-0.2, -0.15) is 4.73 Å². The van der Waals surface area contributed by atoms with Crippen LogP contribution in [0.4, 0.5) is 0 Å². The molecule has 1 saturated carbocycles. The lowest BCUT2D eigenvalue weighted by Gasteiger charge is -2.22. The van der Waals surface area contributed by atoms with Crippen molar-refractivity contribution >= 4 is 0 Å². The van der Waals surface area contributed by atoms with Crippen molar-refractivity contribution in [2.45, 2.75) is 44.9 Å². The second kappa shape index (κ2) is 4.09. The van der Waals surface area contributed by atoms with Crippen LogP contribution in [0.3, 0.4) is 0 Å². The van der Waals surface area contributed by atoms with Crippen molar-refractivity contribution in [1.29, 1.82) is 0 Å². The molecule has 0 aromatic carbocycles. The van der Waals surface area contributed by atoms with Crippen LogP contribution in [0, 0.1) is 6.88 Å². The summed E-state index contributed by atoms with van der Waals surface area (Å²) in [5, 5.41) is 9.74. The minimum atomic E-state index is -1.17. The lowest BCUT2D eigenvalue weighted by atomic mass is 9.86. The summed E-state index contributed by atoms with van der Waals surface area (Å²) < 4.78 is 15.3. The highest BCUT2D eigenvalue weighted by Gasteiger charge is 2.19. The lowest BCUT2D eigenvalue weighted by Crippen LogP contribution is -2.23. The first-order valence-electron chi connectivity index (χ1n) is 6.55. The van der Waals surface area contributed by atoms with Gasteiger partial charge in [0.15, 0.2) is 0 Å². The molecule has 0 radical (unpaired) electrons. The van der Waals surface area contributed by atoms with Crippen LogP contribution in [-0.4, -0.2) is 9.94 Å². The van der Waals surface area contributed by atoms with E-state index >= 15 is 0 Å². The fraction of sp³-hybridized carbons (Fsp3) is 0.583. The van der Waals surface area contributed by atoms with Gasteiger partial charge in [0.05, 0.1) is 5.69 Å². The summed E-state index contributed by atoms with van der Waals surface area (Å²) >= 11 is 0. The second-order valence-corrected chi connectivity index (χ2v) is 4.20. The molecule has 1 N–H and O–H groups in total. The van der Waals surface area contributed by atoms with Crippen molar-refractivity contribution in [3.63, 3.8) is 0 Å². The van der Waals surface area contributed by atoms with Crippen molar-refractivity contribution < 1.29 is 7.95 Å². The fourth-order valence-electron chi connectivity index (χ4n) is 2.29. The number of hydrogen-bond acceptors (Lipinski definition) is 2. The highest BCUT2D eigenvalue weighted by molar-refractivity contribution is 5.19. The zero-order valence-corrected chi connectivity index (χ0v) is 8.65. The number of aromatic nitrogens is 1. The summed E-state index contributed by atoms with van der Waals surface area (Å²) in [5.74, 6) is 0.181. The normalized spacial score (nSPS) is 20.1. The molecular formula is C12H17NO2. The third kappa shape index (κ3) is 2.06. The molecule has 1 aliphatic carbocycles. The molecule has 0 unspecified atom stereocenters. The van der Waals surface area contributed by atoms with Crippen LogP contribution >= 0.6 is 0 Å². The fourth-order valence-corrected chi connectivity index (χ4v) is 2.29. The third-order valence-electron chi connectivity index (χ3n) is 3.08. The molecule has 1 aromatic heterocycles. The monoisotopic (exact) mass is 209 g/mol. The summed E-state index contributed by atoms with van der Waals surface area (Å²) in [7, 11) is 0. The summed E-state index contributed by atoms with van der Waals surface area (Å²) in [4.78, 5) is 11.6. The van der Waals surface area contributed by atoms with E-state index in [-0.39, 0.29) is 5.92 Å². The molecule has 0 bridgehead atoms. The van der Waals surface area contributed by atoms with Gasteiger partial charge in [0.25, 0.3) is 5.56 Å². The molecule has 0 aliphatic heterocycles. The van der Waals surface area contributed by atoms with E-state index in [1.807, 2.05) is 0 Å². The van der Waals surface area contributed by atoms with Crippen LogP contribution in [0.2, 0.25) is 0 Å². The summed E-state index contributed by atoms with van der Waals surface area (Å²) in [6, 6.07) is 2.79. The zero-order valence-electron chi connectivity index (χ0n) is 10.6. The Labute approximate surface area is 92.1 Å². The highest BCUT2D eigenvalue weighted by atomic mass is 16.5. The first-order valence-corrected chi connectivity index (χ1v) is 5.40. The van der Waals surface area contributed by atoms with Gasteiger partial charge >= 0.3 is 0 Å². The maximum absolute atomic E-state index is 11.6. The first-order chi connectivity index (χ1) is 8.09. The number of pyridine rings is 1. The van der Waals surface area contributed by atoms with Crippen LogP contribution in [0.1, 0.15) is 52.0 Å². The summed E-state index contributed by atoms with van der Waals surface area (Å²) in [6.07, 6.45) is 5.34. The minimum Gasteiger partial charge on any atom is -0.425 e. The maximum Gasteiger partial charge on any atom is 0.283 e. The summed E-state index contributed by atoms with van der Waals surface area (Å²) in [6.45, 7) is -1.17. The highest BCUT2D eigenvalue weighted by Crippen LogP contribution is 2.31. The van der Waals surface area contributed by atoms with Crippen LogP contribution < -0.4 is 5.56 Å². The molecule has 0 atom stereocenters. The van der Waals surface area contributed by atoms with Gasteiger partial charge in [-0.05, 0) is 31.3 Å². The van der Waals surface area contributed by atoms with Gasteiger partial charge in [-0.3, -0.25) is 4.79 Å². The van der Waals surface area contributed by atoms with Gasteiger partial charge in [-0.25, -0.2) is 0 Å². The van der Waals surface area contributed by atoms with Gasteiger partial charge in [-0.1, -0.05) is 19.3 Å². The van der Waals surface area contributed by atoms with E-state index in [9.17, 15) is 10.0 Å². The van der Waals surface area contributed by atoms with E-state index in [0.29, 0.717) is 16.0 Å². The molecule has 1 fully saturated rings. The third-order valence-corrected chi connectivity index (χ3v) is 3.08. The summed E-state index contributed by atoms with van der Waals surface area (Å²) in [5.41, 5.74) is 0.394. The van der Waals surface area contributed by atoms with E-state index in [1.54, 1.807) is 6.07 Å².